The summed E-state index contributed by atoms with van der Waals surface area (Å²) < 4.78 is 27.3. The highest BCUT2D eigenvalue weighted by atomic mass is 19.1. The molecule has 9 nitrogen and oxygen atoms in total. The number of carbonyl (C=O) groups excluding carboxylic acids is 1. The maximum absolute atomic E-state index is 14.7. The maximum atomic E-state index is 14.7. The summed E-state index contributed by atoms with van der Waals surface area (Å²) in [6, 6.07) is 5.00. The molecular weight excluding hydrogens is 475 g/mol. The van der Waals surface area contributed by atoms with Crippen LogP contribution in [0.15, 0.2) is 22.7 Å². The molecule has 0 bridgehead atoms. The van der Waals surface area contributed by atoms with E-state index in [1.807, 2.05) is 45.6 Å². The number of carbonyl (C=O) groups is 1. The lowest BCUT2D eigenvalue weighted by atomic mass is 10.1. The summed E-state index contributed by atoms with van der Waals surface area (Å²) in [5.74, 6) is 1.46. The van der Waals surface area contributed by atoms with E-state index in [1.54, 1.807) is 6.07 Å². The number of halogens is 1. The van der Waals surface area contributed by atoms with Crippen LogP contribution in [0.3, 0.4) is 0 Å². The molecule has 2 fully saturated rings. The van der Waals surface area contributed by atoms with Gasteiger partial charge in [-0.05, 0) is 69.1 Å². The molecule has 2 saturated heterocycles. The molecule has 37 heavy (non-hydrogen) atoms. The molecule has 0 aliphatic carbocycles. The highest BCUT2D eigenvalue weighted by Gasteiger charge is 2.33. The molecule has 2 atom stereocenters. The molecule has 0 unspecified atom stereocenters. The molecule has 5 rings (SSSR count). The van der Waals surface area contributed by atoms with Gasteiger partial charge in [-0.1, -0.05) is 26.0 Å². The van der Waals surface area contributed by atoms with Gasteiger partial charge in [0.2, 0.25) is 5.89 Å². The number of fused-ring (bicyclic) bond motifs is 1. The zero-order valence-corrected chi connectivity index (χ0v) is 22.4. The van der Waals surface area contributed by atoms with E-state index in [0.717, 1.165) is 56.6 Å². The Morgan fingerprint density at radius 2 is 1.97 bits per heavy atom. The molecule has 3 aromatic rings. The Bertz CT molecular complexity index is 1260. The van der Waals surface area contributed by atoms with Crippen LogP contribution < -0.4 is 0 Å². The molecule has 4 heterocycles. The van der Waals surface area contributed by atoms with Crippen LogP contribution in [0.25, 0.3) is 16.9 Å². The Balaban J connectivity index is 1.18. The quantitative estimate of drug-likeness (QED) is 0.469. The summed E-state index contributed by atoms with van der Waals surface area (Å²) >= 11 is 0. The number of nitrogens with zero attached hydrogens (tertiary/aromatic N) is 6. The normalized spacial score (nSPS) is 21.0. The summed E-state index contributed by atoms with van der Waals surface area (Å²) in [5, 5.41) is 9.52. The van der Waals surface area contributed by atoms with Gasteiger partial charge in [0, 0.05) is 38.0 Å². The third-order valence-electron chi connectivity index (χ3n) is 7.16. The van der Waals surface area contributed by atoms with Gasteiger partial charge in [0.15, 0.2) is 0 Å². The SMILES string of the molecule is CC(C)c1nn(-c2noc(C[C@@H]3CCN(C[C@@H]4CCN(C(=O)OC(C)(C)C)C4)C3)n2)c2c(F)cccc12. The van der Waals surface area contributed by atoms with Crippen LogP contribution in [0.1, 0.15) is 65.0 Å². The fourth-order valence-corrected chi connectivity index (χ4v) is 5.47. The van der Waals surface area contributed by atoms with Crippen molar-refractivity contribution in [2.24, 2.45) is 11.8 Å². The van der Waals surface area contributed by atoms with Crippen molar-refractivity contribution in [1.29, 1.82) is 0 Å². The van der Waals surface area contributed by atoms with Crippen molar-refractivity contribution in [1.82, 2.24) is 29.7 Å². The minimum Gasteiger partial charge on any atom is -0.444 e. The third-order valence-corrected chi connectivity index (χ3v) is 7.16. The number of likely N-dealkylation sites (tertiary alicyclic amines) is 2. The second-order valence-corrected chi connectivity index (χ2v) is 11.8. The Hall–Kier alpha value is -3.01. The zero-order valence-electron chi connectivity index (χ0n) is 22.4. The predicted octanol–water partition coefficient (Wildman–Crippen LogP) is 4.79. The van der Waals surface area contributed by atoms with Crippen molar-refractivity contribution in [2.45, 2.75) is 65.4 Å². The highest BCUT2D eigenvalue weighted by molar-refractivity contribution is 5.84. The first-order valence-corrected chi connectivity index (χ1v) is 13.3. The number of ether oxygens (including phenoxy) is 1. The van der Waals surface area contributed by atoms with Crippen molar-refractivity contribution in [3.05, 3.63) is 35.6 Å². The summed E-state index contributed by atoms with van der Waals surface area (Å²) in [4.78, 5) is 21.2. The lowest BCUT2D eigenvalue weighted by Gasteiger charge is -2.25. The second-order valence-electron chi connectivity index (χ2n) is 11.8. The minimum atomic E-state index is -0.471. The van der Waals surface area contributed by atoms with Crippen molar-refractivity contribution < 1.29 is 18.4 Å². The third kappa shape index (κ3) is 5.63. The van der Waals surface area contributed by atoms with Gasteiger partial charge in [0.05, 0.1) is 5.69 Å². The van der Waals surface area contributed by atoms with Crippen LogP contribution in [0, 0.1) is 17.7 Å². The van der Waals surface area contributed by atoms with Gasteiger partial charge in [-0.2, -0.15) is 14.8 Å². The monoisotopic (exact) mass is 512 g/mol. The van der Waals surface area contributed by atoms with Crippen LogP contribution in [-0.2, 0) is 11.2 Å². The van der Waals surface area contributed by atoms with Crippen LogP contribution in [0.2, 0.25) is 0 Å². The lowest BCUT2D eigenvalue weighted by molar-refractivity contribution is 0.0285. The van der Waals surface area contributed by atoms with E-state index in [-0.39, 0.29) is 23.8 Å². The summed E-state index contributed by atoms with van der Waals surface area (Å²) in [6.45, 7) is 14.2. The fourth-order valence-electron chi connectivity index (χ4n) is 5.47. The molecule has 1 amide bonds. The van der Waals surface area contributed by atoms with Crippen molar-refractivity contribution in [3.63, 3.8) is 0 Å². The Labute approximate surface area is 216 Å². The number of rotatable bonds is 6. The molecule has 200 valence electrons. The number of aromatic nitrogens is 4. The maximum Gasteiger partial charge on any atom is 0.410 e. The van der Waals surface area contributed by atoms with Gasteiger partial charge in [-0.3, -0.25) is 0 Å². The standard InChI is InChI=1S/C27H37FN6O3/c1-17(2)23-20-7-6-8-21(28)24(20)34(30-23)25-29-22(37-31-25)13-18-9-11-32(14-18)15-19-10-12-33(16-19)26(35)36-27(3,4)5/h6-8,17-19H,9-16H2,1-5H3/t18-,19-/m0/s1. The second kappa shape index (κ2) is 10.0. The van der Waals surface area contributed by atoms with Crippen LogP contribution in [0.5, 0.6) is 0 Å². The molecular formula is C27H37FN6O3. The first-order valence-electron chi connectivity index (χ1n) is 13.3. The highest BCUT2D eigenvalue weighted by Crippen LogP contribution is 2.29. The lowest BCUT2D eigenvalue weighted by Crippen LogP contribution is -2.36. The number of hydrogen-bond donors (Lipinski definition) is 0. The first kappa shape index (κ1) is 25.6. The zero-order chi connectivity index (χ0) is 26.3. The average molecular weight is 513 g/mol. The van der Waals surface area contributed by atoms with Crippen LogP contribution in [-0.4, -0.2) is 74.1 Å². The van der Waals surface area contributed by atoms with Crippen LogP contribution >= 0.6 is 0 Å². The van der Waals surface area contributed by atoms with Gasteiger partial charge >= 0.3 is 6.09 Å². The van der Waals surface area contributed by atoms with Crippen molar-refractivity contribution in [2.75, 3.05) is 32.7 Å². The van der Waals surface area contributed by atoms with E-state index in [4.69, 9.17) is 9.26 Å². The van der Waals surface area contributed by atoms with Crippen molar-refractivity contribution >= 4 is 17.0 Å². The Kier molecular flexibility index (Phi) is 6.95. The molecule has 2 aliphatic heterocycles. The topological polar surface area (TPSA) is 89.5 Å². The first-order chi connectivity index (χ1) is 17.6. The smallest absolute Gasteiger partial charge is 0.410 e. The number of amides is 1. The van der Waals surface area contributed by atoms with Gasteiger partial charge in [0.25, 0.3) is 5.95 Å². The van der Waals surface area contributed by atoms with E-state index in [2.05, 4.69) is 20.1 Å². The molecule has 10 heteroatoms. The summed E-state index contributed by atoms with van der Waals surface area (Å²) in [7, 11) is 0. The van der Waals surface area contributed by atoms with Crippen LogP contribution in [0.4, 0.5) is 9.18 Å². The predicted molar refractivity (Wildman–Crippen MR) is 137 cm³/mol. The summed E-state index contributed by atoms with van der Waals surface area (Å²) in [6.07, 6.45) is 2.51. The van der Waals surface area contributed by atoms with Gasteiger partial charge in [0.1, 0.15) is 16.9 Å². The number of para-hydroxylation sites is 1. The molecule has 0 saturated carbocycles. The Morgan fingerprint density at radius 3 is 2.73 bits per heavy atom. The van der Waals surface area contributed by atoms with E-state index >= 15 is 0 Å². The van der Waals surface area contributed by atoms with E-state index < -0.39 is 5.60 Å². The summed E-state index contributed by atoms with van der Waals surface area (Å²) in [5.41, 5.74) is 0.716. The Morgan fingerprint density at radius 1 is 1.19 bits per heavy atom. The fraction of sp³-hybridized carbons (Fsp3) is 0.630. The van der Waals surface area contributed by atoms with E-state index in [0.29, 0.717) is 29.7 Å². The molecule has 0 radical (unpaired) electrons. The number of benzene rings is 1. The molecule has 0 N–H and O–H groups in total. The van der Waals surface area contributed by atoms with E-state index in [1.165, 1.54) is 10.7 Å². The number of hydrogen-bond acceptors (Lipinski definition) is 7. The van der Waals surface area contributed by atoms with Gasteiger partial charge in [-0.15, -0.1) is 0 Å². The van der Waals surface area contributed by atoms with Gasteiger partial charge in [-0.25, -0.2) is 9.18 Å². The molecule has 1 aromatic carbocycles. The van der Waals surface area contributed by atoms with Crippen molar-refractivity contribution in [3.8, 4) is 5.95 Å². The largest absolute Gasteiger partial charge is 0.444 e. The molecule has 2 aliphatic rings. The van der Waals surface area contributed by atoms with E-state index in [9.17, 15) is 9.18 Å². The average Bonchev–Trinajstić information content (AvgIpc) is 3.59. The minimum absolute atomic E-state index is 0.137. The molecule has 2 aromatic heterocycles. The van der Waals surface area contributed by atoms with Gasteiger partial charge < -0.3 is 19.1 Å². The molecule has 0 spiro atoms.